The van der Waals surface area contributed by atoms with Crippen LogP contribution in [0.15, 0.2) is 18.3 Å². The number of alkyl halides is 3. The third-order valence-electron chi connectivity index (χ3n) is 3.49. The second kappa shape index (κ2) is 5.77. The third-order valence-corrected chi connectivity index (χ3v) is 3.49. The summed E-state index contributed by atoms with van der Waals surface area (Å²) in [5.74, 6) is 0.441. The summed E-state index contributed by atoms with van der Waals surface area (Å²) in [4.78, 5) is 3.35. The average molecular weight is 273 g/mol. The molecule has 0 saturated carbocycles. The molecule has 1 aliphatic rings. The summed E-state index contributed by atoms with van der Waals surface area (Å²) in [7, 11) is 0. The van der Waals surface area contributed by atoms with Gasteiger partial charge < -0.3 is 10.6 Å². The molecule has 0 amide bonds. The lowest BCUT2D eigenvalue weighted by molar-refractivity contribution is -0.141. The predicted octanol–water partition coefficient (Wildman–Crippen LogP) is 2.90. The van der Waals surface area contributed by atoms with E-state index in [0.29, 0.717) is 11.6 Å². The maximum Gasteiger partial charge on any atom is 0.433 e. The first kappa shape index (κ1) is 14.1. The molecule has 0 aromatic carbocycles. The molecule has 106 valence electrons. The van der Waals surface area contributed by atoms with Crippen molar-refractivity contribution in [2.45, 2.75) is 32.0 Å². The number of nitrogens with zero attached hydrogens (tertiary/aromatic N) is 1. The van der Waals surface area contributed by atoms with Gasteiger partial charge in [0.05, 0.1) is 0 Å². The van der Waals surface area contributed by atoms with Crippen molar-refractivity contribution in [2.75, 3.05) is 18.4 Å². The lowest BCUT2D eigenvalue weighted by Crippen LogP contribution is -2.38. The summed E-state index contributed by atoms with van der Waals surface area (Å²) in [6.45, 7) is 3.94. The summed E-state index contributed by atoms with van der Waals surface area (Å²) in [5.41, 5.74) is -0.383. The summed E-state index contributed by atoms with van der Waals surface area (Å²) in [5, 5.41) is 6.45. The van der Waals surface area contributed by atoms with E-state index in [1.54, 1.807) is 6.07 Å². The van der Waals surface area contributed by atoms with Crippen LogP contribution in [-0.2, 0) is 6.18 Å². The Morgan fingerprint density at radius 2 is 2.26 bits per heavy atom. The molecule has 1 saturated heterocycles. The molecule has 6 heteroatoms. The minimum atomic E-state index is -4.40. The number of hydrogen-bond acceptors (Lipinski definition) is 3. The molecule has 2 unspecified atom stereocenters. The molecule has 1 aliphatic heterocycles. The minimum Gasteiger partial charge on any atom is -0.382 e. The van der Waals surface area contributed by atoms with Crippen LogP contribution in [0.5, 0.6) is 0 Å². The van der Waals surface area contributed by atoms with Gasteiger partial charge in [0.2, 0.25) is 0 Å². The highest BCUT2D eigenvalue weighted by Gasteiger charge is 2.32. The Kier molecular flexibility index (Phi) is 4.29. The first-order valence-corrected chi connectivity index (χ1v) is 6.47. The van der Waals surface area contributed by atoms with Crippen molar-refractivity contribution in [3.8, 4) is 0 Å². The number of rotatable bonds is 3. The van der Waals surface area contributed by atoms with E-state index < -0.39 is 11.9 Å². The van der Waals surface area contributed by atoms with Gasteiger partial charge in [0.15, 0.2) is 0 Å². The van der Waals surface area contributed by atoms with Crippen LogP contribution < -0.4 is 10.6 Å². The van der Waals surface area contributed by atoms with Gasteiger partial charge in [-0.15, -0.1) is 0 Å². The molecule has 0 bridgehead atoms. The van der Waals surface area contributed by atoms with Gasteiger partial charge >= 0.3 is 6.18 Å². The van der Waals surface area contributed by atoms with E-state index in [4.69, 9.17) is 0 Å². The van der Waals surface area contributed by atoms with Crippen molar-refractivity contribution in [2.24, 2.45) is 5.92 Å². The number of anilines is 1. The van der Waals surface area contributed by atoms with E-state index in [9.17, 15) is 13.2 Å². The molecule has 3 nitrogen and oxygen atoms in total. The summed E-state index contributed by atoms with van der Waals surface area (Å²) in [6, 6.07) is 2.77. The second-order valence-electron chi connectivity index (χ2n) is 4.97. The fourth-order valence-electron chi connectivity index (χ4n) is 2.36. The Balaban J connectivity index is 2.02. The second-order valence-corrected chi connectivity index (χ2v) is 4.97. The summed E-state index contributed by atoms with van der Waals surface area (Å²) in [6.07, 6.45) is -0.996. The standard InChI is InChI=1S/C13H18F3N3/c1-9(10-3-2-5-17-8-10)19-11-4-6-18-12(7-11)13(14,15)16/h4,6-7,9-10,17H,2-3,5,8H2,1H3,(H,18,19). The molecule has 19 heavy (non-hydrogen) atoms. The summed E-state index contributed by atoms with van der Waals surface area (Å²) < 4.78 is 37.7. The Morgan fingerprint density at radius 3 is 2.89 bits per heavy atom. The zero-order valence-corrected chi connectivity index (χ0v) is 10.8. The van der Waals surface area contributed by atoms with Crippen LogP contribution in [0.4, 0.5) is 18.9 Å². The molecule has 2 rings (SSSR count). The van der Waals surface area contributed by atoms with E-state index in [1.165, 1.54) is 6.20 Å². The Bertz CT molecular complexity index is 414. The van der Waals surface area contributed by atoms with Gasteiger partial charge in [-0.05, 0) is 50.9 Å². The molecule has 1 aromatic heterocycles. The zero-order valence-electron chi connectivity index (χ0n) is 10.8. The Labute approximate surface area is 110 Å². The van der Waals surface area contributed by atoms with Gasteiger partial charge in [-0.2, -0.15) is 13.2 Å². The molecule has 0 radical (unpaired) electrons. The number of aromatic nitrogens is 1. The monoisotopic (exact) mass is 273 g/mol. The highest BCUT2D eigenvalue weighted by atomic mass is 19.4. The molecule has 0 aliphatic carbocycles. The average Bonchev–Trinajstić information content (AvgIpc) is 2.39. The van der Waals surface area contributed by atoms with Crippen molar-refractivity contribution in [1.29, 1.82) is 0 Å². The number of nitrogens with one attached hydrogen (secondary N) is 2. The van der Waals surface area contributed by atoms with Crippen LogP contribution in [0.1, 0.15) is 25.5 Å². The maximum atomic E-state index is 12.6. The molecule has 2 atom stereocenters. The van der Waals surface area contributed by atoms with Gasteiger partial charge in [0, 0.05) is 17.9 Å². The number of halogens is 3. The van der Waals surface area contributed by atoms with E-state index in [0.717, 1.165) is 32.0 Å². The smallest absolute Gasteiger partial charge is 0.382 e. The zero-order chi connectivity index (χ0) is 13.9. The van der Waals surface area contributed by atoms with Gasteiger partial charge in [-0.25, -0.2) is 0 Å². The van der Waals surface area contributed by atoms with Crippen LogP contribution >= 0.6 is 0 Å². The fraction of sp³-hybridized carbons (Fsp3) is 0.615. The largest absolute Gasteiger partial charge is 0.433 e. The van der Waals surface area contributed by atoms with Crippen LogP contribution in [0.3, 0.4) is 0 Å². The summed E-state index contributed by atoms with van der Waals surface area (Å²) >= 11 is 0. The van der Waals surface area contributed by atoms with Crippen LogP contribution in [0.25, 0.3) is 0 Å². The van der Waals surface area contributed by atoms with Gasteiger partial charge in [-0.3, -0.25) is 4.98 Å². The van der Waals surface area contributed by atoms with Crippen molar-refractivity contribution in [1.82, 2.24) is 10.3 Å². The molecule has 1 aromatic rings. The highest BCUT2D eigenvalue weighted by molar-refractivity contribution is 5.44. The van der Waals surface area contributed by atoms with E-state index in [-0.39, 0.29) is 6.04 Å². The molecular formula is C13H18F3N3. The van der Waals surface area contributed by atoms with Crippen LogP contribution in [-0.4, -0.2) is 24.1 Å². The molecule has 0 spiro atoms. The van der Waals surface area contributed by atoms with Crippen molar-refractivity contribution < 1.29 is 13.2 Å². The van der Waals surface area contributed by atoms with Gasteiger partial charge in [0.25, 0.3) is 0 Å². The first-order valence-electron chi connectivity index (χ1n) is 6.47. The van der Waals surface area contributed by atoms with Crippen molar-refractivity contribution in [3.63, 3.8) is 0 Å². The number of hydrogen-bond donors (Lipinski definition) is 2. The predicted molar refractivity (Wildman–Crippen MR) is 67.9 cm³/mol. The normalized spacial score (nSPS) is 22.0. The lowest BCUT2D eigenvalue weighted by Gasteiger charge is -2.29. The fourth-order valence-corrected chi connectivity index (χ4v) is 2.36. The molecule has 2 N–H and O–H groups in total. The molecule has 2 heterocycles. The van der Waals surface area contributed by atoms with Crippen LogP contribution in [0.2, 0.25) is 0 Å². The van der Waals surface area contributed by atoms with E-state index in [1.807, 2.05) is 6.92 Å². The first-order chi connectivity index (χ1) is 8.97. The van der Waals surface area contributed by atoms with Crippen LogP contribution in [0, 0.1) is 5.92 Å². The quantitative estimate of drug-likeness (QED) is 0.889. The van der Waals surface area contributed by atoms with E-state index >= 15 is 0 Å². The SMILES string of the molecule is CC(Nc1ccnc(C(F)(F)F)c1)C1CCCNC1. The Morgan fingerprint density at radius 1 is 1.47 bits per heavy atom. The number of pyridine rings is 1. The topological polar surface area (TPSA) is 37.0 Å². The molecule has 1 fully saturated rings. The Hall–Kier alpha value is -1.30. The van der Waals surface area contributed by atoms with Crippen molar-refractivity contribution in [3.05, 3.63) is 24.0 Å². The van der Waals surface area contributed by atoms with Gasteiger partial charge in [-0.1, -0.05) is 0 Å². The number of piperidine rings is 1. The molecular weight excluding hydrogens is 255 g/mol. The van der Waals surface area contributed by atoms with E-state index in [2.05, 4.69) is 15.6 Å². The third kappa shape index (κ3) is 3.83. The highest BCUT2D eigenvalue weighted by Crippen LogP contribution is 2.29. The minimum absolute atomic E-state index is 0.135. The van der Waals surface area contributed by atoms with Crippen molar-refractivity contribution >= 4 is 5.69 Å². The van der Waals surface area contributed by atoms with Gasteiger partial charge in [0.1, 0.15) is 5.69 Å². The lowest BCUT2D eigenvalue weighted by atomic mass is 9.92. The maximum absolute atomic E-state index is 12.6.